The Morgan fingerprint density at radius 3 is 2.50 bits per heavy atom. The molecule has 2 heteroatoms. The molecule has 0 spiro atoms. The van der Waals surface area contributed by atoms with Crippen molar-refractivity contribution in [3.05, 3.63) is 0 Å². The van der Waals surface area contributed by atoms with Crippen LogP contribution in [0.4, 0.5) is 0 Å². The number of aliphatic hydroxyl groups is 1. The van der Waals surface area contributed by atoms with Crippen molar-refractivity contribution in [1.29, 1.82) is 0 Å². The molecule has 16 heavy (non-hydrogen) atoms. The first-order chi connectivity index (χ1) is 7.45. The molecule has 1 aliphatic rings. The van der Waals surface area contributed by atoms with Gasteiger partial charge in [0.25, 0.3) is 0 Å². The highest BCUT2D eigenvalue weighted by atomic mass is 16.5. The summed E-state index contributed by atoms with van der Waals surface area (Å²) in [5.74, 6) is 1.20. The van der Waals surface area contributed by atoms with E-state index in [1.54, 1.807) is 0 Å². The van der Waals surface area contributed by atoms with Gasteiger partial charge in [0.15, 0.2) is 0 Å². The fourth-order valence-corrected chi connectivity index (χ4v) is 2.72. The van der Waals surface area contributed by atoms with Gasteiger partial charge in [-0.25, -0.2) is 0 Å². The number of hydrogen-bond acceptors (Lipinski definition) is 2. The maximum absolute atomic E-state index is 10.00. The second-order valence-electron chi connectivity index (χ2n) is 6.19. The molecule has 0 heterocycles. The number of ether oxygens (including phenoxy) is 1. The van der Waals surface area contributed by atoms with Crippen LogP contribution in [0.2, 0.25) is 0 Å². The maximum Gasteiger partial charge on any atom is 0.0569 e. The first-order valence-electron chi connectivity index (χ1n) is 6.71. The summed E-state index contributed by atoms with van der Waals surface area (Å²) in [5, 5.41) is 10.00. The lowest BCUT2D eigenvalue weighted by Gasteiger charge is -2.40. The predicted octanol–water partition coefficient (Wildman–Crippen LogP) is 3.24. The summed E-state index contributed by atoms with van der Waals surface area (Å²) in [7, 11) is 0. The minimum absolute atomic E-state index is 0.0981. The SMILES string of the molecule is CCOCCC1CC(C(C)(C)C)CCC1O. The standard InChI is InChI=1S/C14H28O2/c1-5-16-9-8-11-10-12(14(2,3)4)6-7-13(11)15/h11-13,15H,5-10H2,1-4H3. The van der Waals surface area contributed by atoms with Gasteiger partial charge in [0, 0.05) is 13.2 Å². The Hall–Kier alpha value is -0.0800. The molecule has 96 valence electrons. The molecule has 3 atom stereocenters. The van der Waals surface area contributed by atoms with Crippen LogP contribution in [0.25, 0.3) is 0 Å². The second-order valence-corrected chi connectivity index (χ2v) is 6.19. The van der Waals surface area contributed by atoms with Crippen molar-refractivity contribution in [2.75, 3.05) is 13.2 Å². The van der Waals surface area contributed by atoms with E-state index < -0.39 is 0 Å². The highest BCUT2D eigenvalue weighted by Crippen LogP contribution is 2.41. The van der Waals surface area contributed by atoms with E-state index in [1.807, 2.05) is 6.92 Å². The zero-order valence-electron chi connectivity index (χ0n) is 11.3. The van der Waals surface area contributed by atoms with Crippen LogP contribution in [-0.2, 0) is 4.74 Å². The third-order valence-corrected chi connectivity index (χ3v) is 4.00. The van der Waals surface area contributed by atoms with Crippen LogP contribution in [0.1, 0.15) is 53.4 Å². The van der Waals surface area contributed by atoms with Crippen molar-refractivity contribution in [2.45, 2.75) is 59.5 Å². The molecule has 0 bridgehead atoms. The number of aliphatic hydroxyl groups excluding tert-OH is 1. The van der Waals surface area contributed by atoms with Crippen molar-refractivity contribution in [2.24, 2.45) is 17.3 Å². The minimum Gasteiger partial charge on any atom is -0.393 e. The summed E-state index contributed by atoms with van der Waals surface area (Å²) in [6.07, 6.45) is 4.23. The molecule has 0 aromatic rings. The van der Waals surface area contributed by atoms with E-state index in [1.165, 1.54) is 6.42 Å². The summed E-state index contributed by atoms with van der Waals surface area (Å²) < 4.78 is 5.39. The molecule has 0 amide bonds. The summed E-state index contributed by atoms with van der Waals surface area (Å²) in [4.78, 5) is 0. The van der Waals surface area contributed by atoms with Gasteiger partial charge < -0.3 is 9.84 Å². The van der Waals surface area contributed by atoms with E-state index in [0.29, 0.717) is 11.3 Å². The van der Waals surface area contributed by atoms with Crippen molar-refractivity contribution < 1.29 is 9.84 Å². The topological polar surface area (TPSA) is 29.5 Å². The normalized spacial score (nSPS) is 31.7. The van der Waals surface area contributed by atoms with Gasteiger partial charge in [-0.1, -0.05) is 20.8 Å². The number of rotatable bonds is 4. The Labute approximate surface area is 100 Å². The maximum atomic E-state index is 10.00. The van der Waals surface area contributed by atoms with Gasteiger partial charge in [-0.05, 0) is 49.9 Å². The monoisotopic (exact) mass is 228 g/mol. The molecule has 0 aromatic carbocycles. The Morgan fingerprint density at radius 2 is 1.94 bits per heavy atom. The lowest BCUT2D eigenvalue weighted by Crippen LogP contribution is -2.35. The van der Waals surface area contributed by atoms with E-state index in [4.69, 9.17) is 4.74 Å². The van der Waals surface area contributed by atoms with E-state index in [9.17, 15) is 5.11 Å². The molecule has 0 aromatic heterocycles. The molecule has 1 N–H and O–H groups in total. The highest BCUT2D eigenvalue weighted by molar-refractivity contribution is 4.85. The molecular formula is C14H28O2. The largest absolute Gasteiger partial charge is 0.393 e. The van der Waals surface area contributed by atoms with Gasteiger partial charge in [-0.3, -0.25) is 0 Å². The third-order valence-electron chi connectivity index (χ3n) is 4.00. The summed E-state index contributed by atoms with van der Waals surface area (Å²) >= 11 is 0. The quantitative estimate of drug-likeness (QED) is 0.749. The highest BCUT2D eigenvalue weighted by Gasteiger charge is 2.34. The van der Waals surface area contributed by atoms with Crippen molar-refractivity contribution in [3.8, 4) is 0 Å². The zero-order valence-corrected chi connectivity index (χ0v) is 11.3. The van der Waals surface area contributed by atoms with Crippen LogP contribution >= 0.6 is 0 Å². The van der Waals surface area contributed by atoms with E-state index in [2.05, 4.69) is 20.8 Å². The molecule has 1 rings (SSSR count). The fraction of sp³-hybridized carbons (Fsp3) is 1.00. The molecule has 3 unspecified atom stereocenters. The lowest BCUT2D eigenvalue weighted by molar-refractivity contribution is 0.00229. The van der Waals surface area contributed by atoms with E-state index >= 15 is 0 Å². The Kier molecular flexibility index (Phi) is 5.26. The smallest absolute Gasteiger partial charge is 0.0569 e. The molecule has 0 saturated heterocycles. The molecule has 2 nitrogen and oxygen atoms in total. The minimum atomic E-state index is -0.0981. The van der Waals surface area contributed by atoms with Crippen molar-refractivity contribution >= 4 is 0 Å². The van der Waals surface area contributed by atoms with Crippen LogP contribution in [0.15, 0.2) is 0 Å². The Bertz CT molecular complexity index is 195. The van der Waals surface area contributed by atoms with Gasteiger partial charge in [-0.15, -0.1) is 0 Å². The first-order valence-corrected chi connectivity index (χ1v) is 6.71. The third kappa shape index (κ3) is 4.06. The van der Waals surface area contributed by atoms with E-state index in [0.717, 1.165) is 38.4 Å². The van der Waals surface area contributed by atoms with Gasteiger partial charge in [-0.2, -0.15) is 0 Å². The van der Waals surface area contributed by atoms with Crippen LogP contribution in [0.5, 0.6) is 0 Å². The Morgan fingerprint density at radius 1 is 1.25 bits per heavy atom. The summed E-state index contributed by atoms with van der Waals surface area (Å²) in [6.45, 7) is 10.6. The number of hydrogen-bond donors (Lipinski definition) is 1. The first kappa shape index (κ1) is 14.0. The second kappa shape index (κ2) is 6.02. The van der Waals surface area contributed by atoms with Crippen LogP contribution in [0.3, 0.4) is 0 Å². The van der Waals surface area contributed by atoms with Gasteiger partial charge >= 0.3 is 0 Å². The fourth-order valence-electron chi connectivity index (χ4n) is 2.72. The molecule has 0 aliphatic heterocycles. The molecule has 1 saturated carbocycles. The van der Waals surface area contributed by atoms with Crippen LogP contribution in [0, 0.1) is 17.3 Å². The van der Waals surface area contributed by atoms with Gasteiger partial charge in [0.1, 0.15) is 0 Å². The average Bonchev–Trinajstić information content (AvgIpc) is 2.19. The summed E-state index contributed by atoms with van der Waals surface area (Å²) in [6, 6.07) is 0. The molecule has 1 aliphatic carbocycles. The molecule has 0 radical (unpaired) electrons. The zero-order chi connectivity index (χ0) is 12.2. The van der Waals surface area contributed by atoms with E-state index in [-0.39, 0.29) is 6.10 Å². The Balaban J connectivity index is 2.42. The van der Waals surface area contributed by atoms with Crippen molar-refractivity contribution in [3.63, 3.8) is 0 Å². The van der Waals surface area contributed by atoms with Crippen LogP contribution in [-0.4, -0.2) is 24.4 Å². The lowest BCUT2D eigenvalue weighted by atomic mass is 9.67. The summed E-state index contributed by atoms with van der Waals surface area (Å²) in [5.41, 5.74) is 0.379. The molecular weight excluding hydrogens is 200 g/mol. The van der Waals surface area contributed by atoms with Gasteiger partial charge in [0.2, 0.25) is 0 Å². The average molecular weight is 228 g/mol. The predicted molar refractivity (Wildman–Crippen MR) is 67.4 cm³/mol. The van der Waals surface area contributed by atoms with Gasteiger partial charge in [0.05, 0.1) is 6.10 Å². The van der Waals surface area contributed by atoms with Crippen LogP contribution < -0.4 is 0 Å². The molecule has 1 fully saturated rings. The van der Waals surface area contributed by atoms with Crippen molar-refractivity contribution in [1.82, 2.24) is 0 Å².